The highest BCUT2D eigenvalue weighted by atomic mass is 32.1. The van der Waals surface area contributed by atoms with Crippen LogP contribution in [0.15, 0.2) is 47.8 Å². The number of aromatic nitrogens is 2. The molecule has 1 aromatic carbocycles. The Labute approximate surface area is 175 Å². The molecule has 0 aliphatic carbocycles. The summed E-state index contributed by atoms with van der Waals surface area (Å²) < 4.78 is 19.1. The number of halogens is 1. The summed E-state index contributed by atoms with van der Waals surface area (Å²) in [6, 6.07) is 10.9. The standard InChI is InChI=1S/C21H19FN4OS2/c1-13-7-16(11-27-2)28-19(13)10-25-26-20-17-9-15(29-21(17)24-12-23-20)8-14-5-3-4-6-18(14)22/h3-7,9-10,12H,8,11H2,1-2H3,(H,23,24,26). The predicted octanol–water partition coefficient (Wildman–Crippen LogP) is 5.38. The van der Waals surface area contributed by atoms with Crippen molar-refractivity contribution in [1.29, 1.82) is 0 Å². The van der Waals surface area contributed by atoms with Crippen molar-refractivity contribution in [2.75, 3.05) is 12.5 Å². The molecule has 4 aromatic rings. The van der Waals surface area contributed by atoms with Crippen molar-refractivity contribution in [2.45, 2.75) is 20.0 Å². The minimum absolute atomic E-state index is 0.196. The number of hydrazone groups is 1. The van der Waals surface area contributed by atoms with Crippen LogP contribution in [0.2, 0.25) is 0 Å². The van der Waals surface area contributed by atoms with Gasteiger partial charge in [-0.25, -0.2) is 14.4 Å². The topological polar surface area (TPSA) is 59.4 Å². The van der Waals surface area contributed by atoms with Crippen molar-refractivity contribution in [3.63, 3.8) is 0 Å². The normalized spacial score (nSPS) is 11.6. The lowest BCUT2D eigenvalue weighted by Gasteiger charge is -2.00. The Balaban J connectivity index is 1.53. The predicted molar refractivity (Wildman–Crippen MR) is 118 cm³/mol. The quantitative estimate of drug-likeness (QED) is 0.318. The third kappa shape index (κ3) is 4.50. The molecule has 3 aromatic heterocycles. The molecule has 0 radical (unpaired) electrons. The van der Waals surface area contributed by atoms with Crippen LogP contribution in [0.25, 0.3) is 10.2 Å². The number of benzene rings is 1. The number of rotatable bonds is 7. The third-order valence-corrected chi connectivity index (χ3v) is 6.54. The first kappa shape index (κ1) is 19.6. The van der Waals surface area contributed by atoms with Crippen LogP contribution in [-0.2, 0) is 17.8 Å². The number of hydrogen-bond donors (Lipinski definition) is 1. The van der Waals surface area contributed by atoms with Gasteiger partial charge < -0.3 is 4.74 Å². The van der Waals surface area contributed by atoms with Crippen molar-refractivity contribution >= 4 is 44.9 Å². The molecule has 0 amide bonds. The number of methoxy groups -OCH3 is 1. The molecule has 148 valence electrons. The number of ether oxygens (including phenoxy) is 1. The Morgan fingerprint density at radius 2 is 2.03 bits per heavy atom. The molecular weight excluding hydrogens is 407 g/mol. The highest BCUT2D eigenvalue weighted by molar-refractivity contribution is 7.18. The van der Waals surface area contributed by atoms with Gasteiger partial charge in [-0.1, -0.05) is 18.2 Å². The molecule has 0 aliphatic heterocycles. The van der Waals surface area contributed by atoms with Crippen molar-refractivity contribution in [1.82, 2.24) is 9.97 Å². The average Bonchev–Trinajstić information content (AvgIpc) is 3.27. The van der Waals surface area contributed by atoms with Gasteiger partial charge in [-0.3, -0.25) is 5.43 Å². The van der Waals surface area contributed by atoms with Gasteiger partial charge in [-0.2, -0.15) is 5.10 Å². The molecule has 0 fully saturated rings. The molecule has 0 atom stereocenters. The highest BCUT2D eigenvalue weighted by Crippen LogP contribution is 2.30. The fourth-order valence-electron chi connectivity index (χ4n) is 2.97. The Hall–Kier alpha value is -2.68. The SMILES string of the molecule is COCc1cc(C)c(C=NNc2ncnc3sc(Cc4ccccc4F)cc23)s1. The van der Waals surface area contributed by atoms with Crippen LogP contribution in [0.1, 0.15) is 25.8 Å². The van der Waals surface area contributed by atoms with Gasteiger partial charge in [0.05, 0.1) is 23.1 Å². The Morgan fingerprint density at radius 3 is 2.86 bits per heavy atom. The Morgan fingerprint density at radius 1 is 1.17 bits per heavy atom. The second kappa shape index (κ2) is 8.77. The molecule has 0 bridgehead atoms. The van der Waals surface area contributed by atoms with Gasteiger partial charge in [0.1, 0.15) is 17.0 Å². The first-order valence-electron chi connectivity index (χ1n) is 8.98. The van der Waals surface area contributed by atoms with Crippen LogP contribution in [0.5, 0.6) is 0 Å². The van der Waals surface area contributed by atoms with Crippen LogP contribution in [0.3, 0.4) is 0 Å². The zero-order chi connectivity index (χ0) is 20.2. The summed E-state index contributed by atoms with van der Waals surface area (Å²) in [6.45, 7) is 2.65. The largest absolute Gasteiger partial charge is 0.379 e. The highest BCUT2D eigenvalue weighted by Gasteiger charge is 2.11. The maximum Gasteiger partial charge on any atom is 0.158 e. The lowest BCUT2D eigenvalue weighted by molar-refractivity contribution is 0.187. The fourth-order valence-corrected chi connectivity index (χ4v) is 5.01. The van der Waals surface area contributed by atoms with Gasteiger partial charge in [0.2, 0.25) is 0 Å². The summed E-state index contributed by atoms with van der Waals surface area (Å²) in [6.07, 6.45) is 3.82. The van der Waals surface area contributed by atoms with Gasteiger partial charge in [-0.05, 0) is 36.2 Å². The van der Waals surface area contributed by atoms with Gasteiger partial charge in [-0.15, -0.1) is 22.7 Å². The molecule has 0 spiro atoms. The molecule has 0 saturated heterocycles. The van der Waals surface area contributed by atoms with E-state index in [-0.39, 0.29) is 5.82 Å². The number of anilines is 1. The monoisotopic (exact) mass is 426 g/mol. The van der Waals surface area contributed by atoms with E-state index in [0.717, 1.165) is 30.4 Å². The molecule has 0 aliphatic rings. The van der Waals surface area contributed by atoms with E-state index in [1.54, 1.807) is 36.8 Å². The summed E-state index contributed by atoms with van der Waals surface area (Å²) in [5.74, 6) is 0.437. The number of nitrogens with one attached hydrogen (secondary N) is 1. The van der Waals surface area contributed by atoms with Crippen LogP contribution in [0.4, 0.5) is 10.2 Å². The van der Waals surface area contributed by atoms with Crippen LogP contribution in [0, 0.1) is 12.7 Å². The van der Waals surface area contributed by atoms with Crippen molar-refractivity contribution < 1.29 is 9.13 Å². The molecule has 0 saturated carbocycles. The van der Waals surface area contributed by atoms with Crippen molar-refractivity contribution in [3.05, 3.63) is 74.3 Å². The second-order valence-electron chi connectivity index (χ2n) is 6.48. The molecule has 5 nitrogen and oxygen atoms in total. The summed E-state index contributed by atoms with van der Waals surface area (Å²) in [5.41, 5.74) is 4.84. The second-order valence-corrected chi connectivity index (χ2v) is 8.77. The average molecular weight is 427 g/mol. The molecule has 4 rings (SSSR count). The zero-order valence-electron chi connectivity index (χ0n) is 16.0. The van der Waals surface area contributed by atoms with Crippen LogP contribution >= 0.6 is 22.7 Å². The Kier molecular flexibility index (Phi) is 5.94. The molecular formula is C21H19FN4OS2. The van der Waals surface area contributed by atoms with E-state index in [1.807, 2.05) is 19.1 Å². The summed E-state index contributed by atoms with van der Waals surface area (Å²) >= 11 is 3.18. The lowest BCUT2D eigenvalue weighted by Crippen LogP contribution is -1.94. The van der Waals surface area contributed by atoms with E-state index in [2.05, 4.69) is 26.6 Å². The minimum Gasteiger partial charge on any atom is -0.379 e. The van der Waals surface area contributed by atoms with Gasteiger partial charge in [0, 0.05) is 23.3 Å². The van der Waals surface area contributed by atoms with Gasteiger partial charge in [0.15, 0.2) is 5.82 Å². The molecule has 29 heavy (non-hydrogen) atoms. The molecule has 0 unspecified atom stereocenters. The van der Waals surface area contributed by atoms with Crippen LogP contribution in [-0.4, -0.2) is 23.3 Å². The van der Waals surface area contributed by atoms with E-state index < -0.39 is 0 Å². The van der Waals surface area contributed by atoms with E-state index >= 15 is 0 Å². The number of nitrogens with zero attached hydrogens (tertiary/aromatic N) is 3. The fraction of sp³-hybridized carbons (Fsp3) is 0.190. The van der Waals surface area contributed by atoms with Gasteiger partial charge in [0.25, 0.3) is 0 Å². The zero-order valence-corrected chi connectivity index (χ0v) is 17.6. The van der Waals surface area contributed by atoms with Crippen molar-refractivity contribution in [3.8, 4) is 0 Å². The third-order valence-electron chi connectivity index (χ3n) is 4.35. The summed E-state index contributed by atoms with van der Waals surface area (Å²) in [7, 11) is 1.69. The summed E-state index contributed by atoms with van der Waals surface area (Å²) in [4.78, 5) is 12.8. The maximum absolute atomic E-state index is 14.0. The summed E-state index contributed by atoms with van der Waals surface area (Å²) in [5, 5.41) is 5.23. The smallest absolute Gasteiger partial charge is 0.158 e. The van der Waals surface area contributed by atoms with Crippen LogP contribution < -0.4 is 5.43 Å². The van der Waals surface area contributed by atoms with Crippen molar-refractivity contribution in [2.24, 2.45) is 5.10 Å². The van der Waals surface area contributed by atoms with E-state index in [0.29, 0.717) is 24.4 Å². The number of aryl methyl sites for hydroxylation is 1. The van der Waals surface area contributed by atoms with E-state index in [9.17, 15) is 4.39 Å². The molecule has 3 heterocycles. The number of hydrogen-bond acceptors (Lipinski definition) is 7. The lowest BCUT2D eigenvalue weighted by atomic mass is 10.1. The van der Waals surface area contributed by atoms with Gasteiger partial charge >= 0.3 is 0 Å². The molecule has 8 heteroatoms. The Bertz CT molecular complexity index is 1170. The van der Waals surface area contributed by atoms with E-state index in [4.69, 9.17) is 4.74 Å². The molecule has 1 N–H and O–H groups in total. The maximum atomic E-state index is 14.0. The first-order valence-corrected chi connectivity index (χ1v) is 10.6. The van der Waals surface area contributed by atoms with E-state index in [1.165, 1.54) is 23.7 Å². The number of fused-ring (bicyclic) bond motifs is 1. The number of thiophene rings is 2. The minimum atomic E-state index is -0.196. The first-order chi connectivity index (χ1) is 14.1.